The second-order valence-electron chi connectivity index (χ2n) is 25.4. The van der Waals surface area contributed by atoms with E-state index < -0.39 is 152 Å². The van der Waals surface area contributed by atoms with Crippen molar-refractivity contribution in [2.24, 2.45) is 0 Å². The van der Waals surface area contributed by atoms with Gasteiger partial charge in [-0.2, -0.15) is 0 Å². The van der Waals surface area contributed by atoms with Crippen LogP contribution in [0.4, 0.5) is 0 Å². The minimum absolute atomic E-state index is 0.00709. The van der Waals surface area contributed by atoms with Crippen molar-refractivity contribution in [3.8, 4) is 0 Å². The third-order valence-electron chi connectivity index (χ3n) is 14.7. The molecule has 0 fully saturated rings. The Kier molecular flexibility index (Phi) is 65.4. The minimum atomic E-state index is -1.77. The van der Waals surface area contributed by atoms with Gasteiger partial charge >= 0.3 is 47.8 Å². The van der Waals surface area contributed by atoms with Crippen LogP contribution in [-0.4, -0.2) is 366 Å². The molecule has 122 heavy (non-hydrogen) atoms. The summed E-state index contributed by atoms with van der Waals surface area (Å²) in [5.74, 6) is -18.3. The number of hydrogen-bond acceptors (Lipinski definition) is 31. The lowest BCUT2D eigenvalue weighted by atomic mass is 10.1. The molecule has 0 saturated carbocycles. The summed E-state index contributed by atoms with van der Waals surface area (Å²) in [6.45, 7) is 8.75. The number of ketones is 3. The van der Waals surface area contributed by atoms with E-state index in [4.69, 9.17) is 78.0 Å². The Labute approximate surface area is 698 Å². The number of carboxylic acids is 8. The quantitative estimate of drug-likeness (QED) is 0.0214. The van der Waals surface area contributed by atoms with E-state index in [2.05, 4.69) is 31.9 Å². The first-order chi connectivity index (χ1) is 57.8. The highest BCUT2D eigenvalue weighted by molar-refractivity contribution is 6.01. The molecule has 0 aliphatic heterocycles. The summed E-state index contributed by atoms with van der Waals surface area (Å²) >= 11 is 0. The van der Waals surface area contributed by atoms with E-state index in [1.165, 1.54) is 20.8 Å². The number of carbonyl (C=O) groups is 21. The highest BCUT2D eigenvalue weighted by Crippen LogP contribution is 2.11. The van der Waals surface area contributed by atoms with Gasteiger partial charge in [0.1, 0.15) is 75.6 Å². The van der Waals surface area contributed by atoms with E-state index in [1.807, 2.05) is 16.0 Å². The predicted molar refractivity (Wildman–Crippen MR) is 411 cm³/mol. The number of rotatable bonds is 72. The van der Waals surface area contributed by atoms with Gasteiger partial charge in [-0.05, 0) is 57.7 Å². The van der Waals surface area contributed by atoms with Crippen LogP contribution in [0.1, 0.15) is 114 Å². The first-order valence-electron chi connectivity index (χ1n) is 37.7. The average Bonchev–Trinajstić information content (AvgIpc) is 0.854. The van der Waals surface area contributed by atoms with Crippen molar-refractivity contribution in [1.29, 1.82) is 0 Å². The number of hydrogen-bond donors (Lipinski definition) is 17. The number of nitrogens with zero attached hydrogens (tertiary/aromatic N) is 1. The Morgan fingerprint density at radius 2 is 0.623 bits per heavy atom. The lowest BCUT2D eigenvalue weighted by Crippen LogP contribution is -2.46. The predicted octanol–water partition coefficient (Wildman–Crippen LogP) is -5.59. The normalized spacial score (nSPS) is 11.5. The van der Waals surface area contributed by atoms with Gasteiger partial charge in [0.25, 0.3) is 5.91 Å². The summed E-state index contributed by atoms with van der Waals surface area (Å²) in [5.41, 5.74) is 0.961. The molecule has 17 N–H and O–H groups in total. The first-order valence-corrected chi connectivity index (χ1v) is 37.7. The maximum absolute atomic E-state index is 12.3. The molecule has 0 aliphatic carbocycles. The average molecular weight is 1750 g/mol. The Morgan fingerprint density at radius 1 is 0.303 bits per heavy atom. The molecule has 4 unspecified atom stereocenters. The van der Waals surface area contributed by atoms with Gasteiger partial charge in [-0.1, -0.05) is 12.1 Å². The topological polar surface area (TPSA) is 724 Å². The third kappa shape index (κ3) is 69.1. The number of benzene rings is 1. The zero-order chi connectivity index (χ0) is 92.0. The molecule has 688 valence electrons. The maximum Gasteiger partial charge on any atom is 0.326 e. The van der Waals surface area contributed by atoms with Crippen molar-refractivity contribution >= 4 is 124 Å². The molecule has 0 saturated heterocycles. The van der Waals surface area contributed by atoms with Gasteiger partial charge in [0, 0.05) is 77.1 Å². The van der Waals surface area contributed by atoms with Crippen molar-refractivity contribution < 1.29 is 189 Å². The van der Waals surface area contributed by atoms with Crippen LogP contribution in [0.15, 0.2) is 24.3 Å². The number of ether oxygens (including phenoxy) is 10. The van der Waals surface area contributed by atoms with E-state index in [9.17, 15) is 111 Å². The van der Waals surface area contributed by atoms with Gasteiger partial charge in [0.15, 0.2) is 11.6 Å². The fourth-order valence-corrected chi connectivity index (χ4v) is 8.83. The Morgan fingerprint density at radius 3 is 0.951 bits per heavy atom. The molecule has 49 nitrogen and oxygen atoms in total. The Bertz CT molecular complexity index is 3470. The molecule has 4 atom stereocenters. The van der Waals surface area contributed by atoms with Crippen LogP contribution in [0.3, 0.4) is 0 Å². The molecule has 0 radical (unpaired) electrons. The van der Waals surface area contributed by atoms with Crippen LogP contribution in [0.2, 0.25) is 0 Å². The molecule has 49 heteroatoms. The minimum Gasteiger partial charge on any atom is -0.481 e. The van der Waals surface area contributed by atoms with Crippen LogP contribution in [0.5, 0.6) is 0 Å². The number of amides is 10. The van der Waals surface area contributed by atoms with Gasteiger partial charge in [-0.3, -0.25) is 81.5 Å². The number of carboxylic acid groups (broad SMARTS) is 8. The van der Waals surface area contributed by atoms with Crippen molar-refractivity contribution in [2.75, 3.05) is 171 Å². The lowest BCUT2D eigenvalue weighted by molar-refractivity contribution is -0.147. The molecular weight excluding hydrogens is 1640 g/mol. The van der Waals surface area contributed by atoms with Crippen LogP contribution >= 0.6 is 0 Å². The molecular formula is C73H112N10O39. The number of nitrogens with one attached hydrogen (secondary N) is 9. The smallest absolute Gasteiger partial charge is 0.326 e. The molecule has 0 aliphatic rings. The summed E-state index contributed by atoms with van der Waals surface area (Å²) in [6.07, 6.45) is -5.55. The molecule has 10 amide bonds. The van der Waals surface area contributed by atoms with Gasteiger partial charge in [0.05, 0.1) is 119 Å². The van der Waals surface area contributed by atoms with Crippen LogP contribution in [0.25, 0.3) is 0 Å². The molecule has 1 aromatic carbocycles. The van der Waals surface area contributed by atoms with Crippen LogP contribution < -0.4 is 47.9 Å². The highest BCUT2D eigenvalue weighted by atomic mass is 16.5. The maximum atomic E-state index is 12.3. The number of aliphatic carboxylic acids is 8. The van der Waals surface area contributed by atoms with Crippen molar-refractivity contribution in [2.45, 2.75) is 129 Å². The lowest BCUT2D eigenvalue weighted by Gasteiger charge is -2.21. The summed E-state index contributed by atoms with van der Waals surface area (Å²) in [4.78, 5) is 240. The Balaban J connectivity index is 0. The Hall–Kier alpha value is -11.7. The zero-order valence-electron chi connectivity index (χ0n) is 67.9. The molecule has 0 bridgehead atoms. The van der Waals surface area contributed by atoms with Crippen LogP contribution in [0, 0.1) is 0 Å². The van der Waals surface area contributed by atoms with E-state index in [-0.39, 0.29) is 199 Å². The molecule has 0 spiro atoms. The summed E-state index contributed by atoms with van der Waals surface area (Å²) in [6, 6.07) is -0.0120. The molecule has 1 aromatic rings. The third-order valence-corrected chi connectivity index (χ3v) is 14.7. The second kappa shape index (κ2) is 71.1. The van der Waals surface area contributed by atoms with Crippen molar-refractivity contribution in [3.63, 3.8) is 0 Å². The highest BCUT2D eigenvalue weighted by Gasteiger charge is 2.29. The van der Waals surface area contributed by atoms with Gasteiger partial charge in [-0.15, -0.1) is 0 Å². The first kappa shape index (κ1) is 112. The SMILES string of the molecule is CC(=O)CCOCCOCCNC(=O)CCC(NC(=O)CC(=O)NC(CCC(=O)O)C(=O)O)C(=O)O.CC(=O)COCCOCCNC(=O)COCCOCCNC(=O)CCC(NC(=O)CC(=O)NC(CC(=O)O)C(=O)O)C(=O)O.CC(=O)COCCOCCNC(=O)COCCOCCNC(=O)c1ccc(CN(CCC(=O)O)C(=O)CC(=O)O)cc1. The fraction of sp³-hybridized carbons (Fsp3) is 0.630. The summed E-state index contributed by atoms with van der Waals surface area (Å²) in [7, 11) is 0. The van der Waals surface area contributed by atoms with E-state index in [0.29, 0.717) is 63.7 Å². The summed E-state index contributed by atoms with van der Waals surface area (Å²) in [5, 5.41) is 92.4. The van der Waals surface area contributed by atoms with Gasteiger partial charge < -0.3 is 141 Å². The number of Topliss-reactive ketones (excluding diaryl/α,β-unsaturated/α-hetero) is 3. The number of carbonyl (C=O) groups excluding carboxylic acids is 13. The second-order valence-corrected chi connectivity index (χ2v) is 25.4. The van der Waals surface area contributed by atoms with Crippen molar-refractivity contribution in [3.05, 3.63) is 35.4 Å². The van der Waals surface area contributed by atoms with E-state index >= 15 is 0 Å². The van der Waals surface area contributed by atoms with E-state index in [1.54, 1.807) is 24.3 Å². The van der Waals surface area contributed by atoms with Gasteiger partial charge in [0.2, 0.25) is 53.2 Å². The molecule has 0 heterocycles. The summed E-state index contributed by atoms with van der Waals surface area (Å²) < 4.78 is 52.0. The van der Waals surface area contributed by atoms with Crippen molar-refractivity contribution in [1.82, 2.24) is 52.8 Å². The molecule has 1 rings (SSSR count). The van der Waals surface area contributed by atoms with Gasteiger partial charge in [-0.25, -0.2) is 19.2 Å². The fourth-order valence-electron chi connectivity index (χ4n) is 8.83. The zero-order valence-corrected chi connectivity index (χ0v) is 67.9. The standard InChI is InChI=1S/C27H39N3O12.C25H40N4O15.C21H33N3O12/c1-20(31)18-41-14-12-39-10-7-28-23(32)19-42-15-13-40-11-8-29-27(38)22-4-2-21(3-5-22)17-30(9-6-25(34)35)24(33)16-26(36)37;1-16(30)14-43-10-8-42-7-5-27-22(34)15-44-11-9-41-6-4-26-19(31)3-2-17(24(37)38)28-20(32)13-21(33)29-18(25(39)40)12-23(35)36;1-13(25)6-8-35-10-11-36-9-7-22-16(26)4-2-14(20(31)32)23-17(27)12-18(28)24-15(21(33)34)3-5-19(29)30/h2-5H,6-19H2,1H3,(H,28,32)(H,29,38)(H,34,35)(H,36,37);17-18H,2-15H2,1H3,(H,26,31)(H,27,34)(H,28,32)(H,29,33)(H,35,36)(H,37,38)(H,39,40);14-15H,2-12H2,1H3,(H,22,26)(H,23,27)(H,24,28)(H,29,30)(H,31,32)(H,33,34). The van der Waals surface area contributed by atoms with Crippen LogP contribution in [-0.2, 0) is 150 Å². The van der Waals surface area contributed by atoms with E-state index in [0.717, 1.165) is 4.90 Å². The largest absolute Gasteiger partial charge is 0.481 e. The monoisotopic (exact) mass is 1750 g/mol. The molecule has 0 aromatic heterocycles.